The zero-order chi connectivity index (χ0) is 17.0. The minimum atomic E-state index is -0.291. The molecular weight excluding hydrogens is 292 g/mol. The van der Waals surface area contributed by atoms with Crippen LogP contribution in [0.4, 0.5) is 10.5 Å². The van der Waals surface area contributed by atoms with E-state index in [1.54, 1.807) is 6.20 Å². The smallest absolute Gasteiger partial charge is 0.321 e. The van der Waals surface area contributed by atoms with Gasteiger partial charge in [0.15, 0.2) is 0 Å². The zero-order valence-corrected chi connectivity index (χ0v) is 14.7. The Labute approximate surface area is 138 Å². The van der Waals surface area contributed by atoms with E-state index in [4.69, 9.17) is 0 Å². The summed E-state index contributed by atoms with van der Waals surface area (Å²) in [6.07, 6.45) is 4.02. The SMILES string of the molecule is CCc1c(NC(=O)N2CCC(C(C)O)CC2)cnn1CC(C)C. The lowest BCUT2D eigenvalue weighted by Gasteiger charge is -2.33. The molecule has 0 spiro atoms. The maximum atomic E-state index is 12.5. The third-order valence-corrected chi connectivity index (χ3v) is 4.57. The van der Waals surface area contributed by atoms with E-state index >= 15 is 0 Å². The number of nitrogens with zero attached hydrogens (tertiary/aromatic N) is 3. The maximum absolute atomic E-state index is 12.5. The highest BCUT2D eigenvalue weighted by molar-refractivity contribution is 5.89. The highest BCUT2D eigenvalue weighted by Crippen LogP contribution is 2.22. The fraction of sp³-hybridized carbons (Fsp3) is 0.765. The Balaban J connectivity index is 1.97. The van der Waals surface area contributed by atoms with Crippen LogP contribution in [0.3, 0.4) is 0 Å². The van der Waals surface area contributed by atoms with E-state index in [9.17, 15) is 9.90 Å². The number of hydrogen-bond acceptors (Lipinski definition) is 3. The summed E-state index contributed by atoms with van der Waals surface area (Å²) in [5.41, 5.74) is 1.89. The number of anilines is 1. The van der Waals surface area contributed by atoms with Crippen molar-refractivity contribution in [1.29, 1.82) is 0 Å². The fourth-order valence-electron chi connectivity index (χ4n) is 3.17. The summed E-state index contributed by atoms with van der Waals surface area (Å²) in [4.78, 5) is 14.3. The van der Waals surface area contributed by atoms with Crippen LogP contribution in [-0.2, 0) is 13.0 Å². The van der Waals surface area contributed by atoms with Crippen molar-refractivity contribution in [2.24, 2.45) is 11.8 Å². The van der Waals surface area contributed by atoms with Crippen LogP contribution < -0.4 is 5.32 Å². The van der Waals surface area contributed by atoms with Crippen molar-refractivity contribution in [1.82, 2.24) is 14.7 Å². The van der Waals surface area contributed by atoms with Gasteiger partial charge in [0.25, 0.3) is 0 Å². The van der Waals surface area contributed by atoms with Crippen LogP contribution in [0.5, 0.6) is 0 Å². The molecule has 2 heterocycles. The Bertz CT molecular complexity index is 517. The third-order valence-electron chi connectivity index (χ3n) is 4.57. The molecule has 2 rings (SSSR count). The number of amides is 2. The van der Waals surface area contributed by atoms with Gasteiger partial charge in [0, 0.05) is 19.6 Å². The number of urea groups is 1. The first-order valence-electron chi connectivity index (χ1n) is 8.71. The van der Waals surface area contributed by atoms with E-state index in [0.29, 0.717) is 24.9 Å². The topological polar surface area (TPSA) is 70.4 Å². The van der Waals surface area contributed by atoms with Gasteiger partial charge >= 0.3 is 6.03 Å². The second-order valence-electron chi connectivity index (χ2n) is 6.93. The zero-order valence-electron chi connectivity index (χ0n) is 14.7. The van der Waals surface area contributed by atoms with Gasteiger partial charge in [-0.15, -0.1) is 0 Å². The average molecular weight is 322 g/mol. The lowest BCUT2D eigenvalue weighted by molar-refractivity contribution is 0.0820. The molecule has 0 saturated carbocycles. The molecule has 1 aromatic heterocycles. The van der Waals surface area contributed by atoms with Crippen molar-refractivity contribution in [2.75, 3.05) is 18.4 Å². The van der Waals surface area contributed by atoms with Gasteiger partial charge in [-0.05, 0) is 38.0 Å². The summed E-state index contributed by atoms with van der Waals surface area (Å²) in [6, 6.07) is -0.0622. The molecule has 1 unspecified atom stereocenters. The Morgan fingerprint density at radius 2 is 2.04 bits per heavy atom. The van der Waals surface area contributed by atoms with Crippen molar-refractivity contribution >= 4 is 11.7 Å². The van der Waals surface area contributed by atoms with Crippen molar-refractivity contribution in [3.05, 3.63) is 11.9 Å². The molecule has 6 nitrogen and oxygen atoms in total. The lowest BCUT2D eigenvalue weighted by Crippen LogP contribution is -2.42. The molecule has 23 heavy (non-hydrogen) atoms. The molecule has 130 valence electrons. The van der Waals surface area contributed by atoms with Crippen LogP contribution in [0.15, 0.2) is 6.20 Å². The van der Waals surface area contributed by atoms with E-state index in [1.165, 1.54) is 0 Å². The van der Waals surface area contributed by atoms with Gasteiger partial charge in [0.2, 0.25) is 0 Å². The average Bonchev–Trinajstić information content (AvgIpc) is 2.88. The Morgan fingerprint density at radius 3 is 2.57 bits per heavy atom. The number of carbonyl (C=O) groups excluding carboxylic acids is 1. The first kappa shape index (κ1) is 17.8. The van der Waals surface area contributed by atoms with Gasteiger partial charge < -0.3 is 15.3 Å². The summed E-state index contributed by atoms with van der Waals surface area (Å²) in [5, 5.41) is 17.1. The Morgan fingerprint density at radius 1 is 1.39 bits per heavy atom. The first-order chi connectivity index (χ1) is 10.9. The van der Waals surface area contributed by atoms with Crippen LogP contribution in [0.25, 0.3) is 0 Å². The van der Waals surface area contributed by atoms with Gasteiger partial charge in [0.05, 0.1) is 23.7 Å². The molecule has 0 aromatic carbocycles. The van der Waals surface area contributed by atoms with E-state index in [0.717, 1.165) is 37.2 Å². The van der Waals surface area contributed by atoms with Gasteiger partial charge in [-0.1, -0.05) is 20.8 Å². The Hall–Kier alpha value is -1.56. The summed E-state index contributed by atoms with van der Waals surface area (Å²) in [6.45, 7) is 10.5. The van der Waals surface area contributed by atoms with Crippen LogP contribution in [0.1, 0.15) is 46.2 Å². The maximum Gasteiger partial charge on any atom is 0.321 e. The number of hydrogen-bond donors (Lipinski definition) is 2. The number of carbonyl (C=O) groups is 1. The van der Waals surface area contributed by atoms with Crippen molar-refractivity contribution < 1.29 is 9.90 Å². The molecule has 6 heteroatoms. The normalized spacial score (nSPS) is 17.6. The van der Waals surface area contributed by atoms with Crippen LogP contribution in [0, 0.1) is 11.8 Å². The molecule has 1 aromatic rings. The molecule has 2 N–H and O–H groups in total. The molecule has 1 fully saturated rings. The number of piperidine rings is 1. The number of likely N-dealkylation sites (tertiary alicyclic amines) is 1. The molecule has 1 saturated heterocycles. The van der Waals surface area contributed by atoms with Gasteiger partial charge in [-0.2, -0.15) is 5.10 Å². The van der Waals surface area contributed by atoms with E-state index < -0.39 is 0 Å². The second-order valence-corrected chi connectivity index (χ2v) is 6.93. The largest absolute Gasteiger partial charge is 0.393 e. The molecule has 1 atom stereocenters. The molecule has 0 bridgehead atoms. The molecule has 2 amide bonds. The highest BCUT2D eigenvalue weighted by Gasteiger charge is 2.26. The number of rotatable bonds is 5. The van der Waals surface area contributed by atoms with E-state index in [2.05, 4.69) is 31.2 Å². The number of nitrogens with one attached hydrogen (secondary N) is 1. The summed E-state index contributed by atoms with van der Waals surface area (Å²) in [5.74, 6) is 0.822. The van der Waals surface area contributed by atoms with Crippen molar-refractivity contribution in [2.45, 2.75) is 59.6 Å². The van der Waals surface area contributed by atoms with E-state index in [-0.39, 0.29) is 12.1 Å². The molecule has 0 radical (unpaired) electrons. The predicted molar refractivity (Wildman–Crippen MR) is 91.4 cm³/mol. The van der Waals surface area contributed by atoms with Gasteiger partial charge in [-0.25, -0.2) is 4.79 Å². The van der Waals surface area contributed by atoms with Crippen LogP contribution >= 0.6 is 0 Å². The van der Waals surface area contributed by atoms with E-state index in [1.807, 2.05) is 16.5 Å². The van der Waals surface area contributed by atoms with Crippen molar-refractivity contribution in [3.63, 3.8) is 0 Å². The lowest BCUT2D eigenvalue weighted by atomic mass is 9.92. The van der Waals surface area contributed by atoms with Crippen LogP contribution in [0.2, 0.25) is 0 Å². The predicted octanol–water partition coefficient (Wildman–Crippen LogP) is 2.73. The number of aliphatic hydroxyl groups excluding tert-OH is 1. The summed E-state index contributed by atoms with van der Waals surface area (Å²) in [7, 11) is 0. The van der Waals surface area contributed by atoms with Gasteiger partial charge in [-0.3, -0.25) is 4.68 Å². The molecule has 1 aliphatic rings. The van der Waals surface area contributed by atoms with Crippen LogP contribution in [-0.4, -0.2) is 45.0 Å². The minimum Gasteiger partial charge on any atom is -0.393 e. The molecule has 1 aliphatic heterocycles. The Kier molecular flexibility index (Phi) is 6.04. The monoisotopic (exact) mass is 322 g/mol. The third kappa shape index (κ3) is 4.47. The molecule has 0 aliphatic carbocycles. The van der Waals surface area contributed by atoms with Gasteiger partial charge in [0.1, 0.15) is 0 Å². The van der Waals surface area contributed by atoms with Crippen molar-refractivity contribution in [3.8, 4) is 0 Å². The first-order valence-corrected chi connectivity index (χ1v) is 8.71. The minimum absolute atomic E-state index is 0.0622. The number of aromatic nitrogens is 2. The highest BCUT2D eigenvalue weighted by atomic mass is 16.3. The second kappa shape index (κ2) is 7.81. The quantitative estimate of drug-likeness (QED) is 0.875. The summed E-state index contributed by atoms with van der Waals surface area (Å²) >= 11 is 0. The molecular formula is C17H30N4O2. The fourth-order valence-corrected chi connectivity index (χ4v) is 3.17. The number of aliphatic hydroxyl groups is 1. The standard InChI is InChI=1S/C17H30N4O2/c1-5-16-15(10-18-21(16)11-12(2)3)19-17(23)20-8-6-14(7-9-20)13(4)22/h10,12-14,22H,5-9,11H2,1-4H3,(H,19,23). The summed E-state index contributed by atoms with van der Waals surface area (Å²) < 4.78 is 1.99.